The molecule has 2 aliphatic heterocycles. The number of rotatable bonds is 5. The van der Waals surface area contributed by atoms with Gasteiger partial charge in [-0.3, -0.25) is 4.98 Å². The van der Waals surface area contributed by atoms with Crippen LogP contribution >= 0.6 is 0 Å². The van der Waals surface area contributed by atoms with Crippen LogP contribution in [0.15, 0.2) is 79.5 Å². The zero-order valence-electron chi connectivity index (χ0n) is 23.2. The molecule has 4 N–H and O–H groups in total. The number of ether oxygens (including phenoxy) is 1. The molecule has 0 aliphatic carbocycles. The molecule has 1 saturated heterocycles. The van der Waals surface area contributed by atoms with Crippen molar-refractivity contribution in [2.24, 2.45) is 0 Å². The quantitative estimate of drug-likeness (QED) is 0.202. The summed E-state index contributed by atoms with van der Waals surface area (Å²) in [6, 6.07) is 16.2. The Kier molecular flexibility index (Phi) is 7.11. The molecule has 2 aromatic carbocycles. The van der Waals surface area contributed by atoms with Gasteiger partial charge in [-0.1, -0.05) is 26.0 Å². The van der Waals surface area contributed by atoms with Crippen molar-refractivity contribution in [3.63, 3.8) is 0 Å². The van der Waals surface area contributed by atoms with Crippen LogP contribution < -0.4 is 25.6 Å². The van der Waals surface area contributed by atoms with E-state index in [1.54, 1.807) is 6.20 Å². The van der Waals surface area contributed by atoms with E-state index >= 15 is 0 Å². The van der Waals surface area contributed by atoms with Crippen molar-refractivity contribution in [2.75, 3.05) is 47.1 Å². The maximum atomic E-state index is 7.51. The molecule has 10 heteroatoms. The highest BCUT2D eigenvalue weighted by atomic mass is 16.5. The molecule has 5 aromatic rings. The molecule has 10 nitrogen and oxygen atoms in total. The standard InChI is InChI=1S/C29H27N9O.C2H6/c30-15-20-2-1-19(13-24(20)31)25-17-37-10-9-33-29(37)28(35-25)34-21-3-4-26-27(14-21)39-18-23-16-36(11-12-38(23)26)22-5-7-32-8-6-22;1-2/h1-10,13-15,17,23,30H,11-12,16,18,31H2,(H,34,35);1-2H3. The van der Waals surface area contributed by atoms with Crippen LogP contribution in [-0.4, -0.2) is 57.9 Å². The SMILES string of the molecule is CC.N=Cc1ccc(-c2cn3ccnc3c(Nc3ccc4c(c3)OCC3CN(c5ccncc5)CCN43)n2)cc1N. The number of fused-ring (bicyclic) bond motifs is 4. The Morgan fingerprint density at radius 3 is 2.71 bits per heavy atom. The fourth-order valence-electron chi connectivity index (χ4n) is 5.39. The molecule has 1 atom stereocenters. The molecule has 208 valence electrons. The lowest BCUT2D eigenvalue weighted by Gasteiger charge is -2.46. The molecule has 0 radical (unpaired) electrons. The number of hydrogen-bond donors (Lipinski definition) is 3. The summed E-state index contributed by atoms with van der Waals surface area (Å²) in [7, 11) is 0. The molecule has 1 unspecified atom stereocenters. The molecule has 0 amide bonds. The second-order valence-electron chi connectivity index (χ2n) is 9.74. The lowest BCUT2D eigenvalue weighted by molar-refractivity contribution is 0.255. The lowest BCUT2D eigenvalue weighted by atomic mass is 10.1. The molecule has 1 fully saturated rings. The van der Waals surface area contributed by atoms with Crippen molar-refractivity contribution in [3.8, 4) is 17.0 Å². The molecule has 2 aliphatic rings. The van der Waals surface area contributed by atoms with E-state index in [-0.39, 0.29) is 6.04 Å². The number of benzene rings is 2. The van der Waals surface area contributed by atoms with Gasteiger partial charge in [0, 0.05) is 91.1 Å². The Balaban J connectivity index is 0.00000148. The van der Waals surface area contributed by atoms with Gasteiger partial charge in [-0.25, -0.2) is 9.97 Å². The van der Waals surface area contributed by atoms with Crippen molar-refractivity contribution in [1.29, 1.82) is 5.41 Å². The number of nitrogens with two attached hydrogens (primary N) is 1. The minimum Gasteiger partial charge on any atom is -0.489 e. The lowest BCUT2D eigenvalue weighted by Crippen LogP contribution is -2.57. The maximum Gasteiger partial charge on any atom is 0.180 e. The van der Waals surface area contributed by atoms with E-state index in [4.69, 9.17) is 20.9 Å². The van der Waals surface area contributed by atoms with E-state index in [0.29, 0.717) is 29.3 Å². The highest BCUT2D eigenvalue weighted by molar-refractivity contribution is 5.87. The van der Waals surface area contributed by atoms with Gasteiger partial charge in [0.1, 0.15) is 12.4 Å². The third-order valence-electron chi connectivity index (χ3n) is 7.39. The van der Waals surface area contributed by atoms with Gasteiger partial charge in [0.15, 0.2) is 11.5 Å². The average Bonchev–Trinajstić information content (AvgIpc) is 3.51. The second kappa shape index (κ2) is 11.2. The molecule has 41 heavy (non-hydrogen) atoms. The summed E-state index contributed by atoms with van der Waals surface area (Å²) in [5.41, 5.74) is 12.9. The number of pyridine rings is 1. The van der Waals surface area contributed by atoms with Gasteiger partial charge in [-0.05, 0) is 30.3 Å². The van der Waals surface area contributed by atoms with E-state index in [2.05, 4.69) is 49.4 Å². The Bertz CT molecular complexity index is 1680. The largest absolute Gasteiger partial charge is 0.489 e. The summed E-state index contributed by atoms with van der Waals surface area (Å²) in [4.78, 5) is 18.4. The van der Waals surface area contributed by atoms with E-state index < -0.39 is 0 Å². The first-order valence-electron chi connectivity index (χ1n) is 13.9. The predicted octanol–water partition coefficient (Wildman–Crippen LogP) is 5.23. The zero-order chi connectivity index (χ0) is 28.3. The predicted molar refractivity (Wildman–Crippen MR) is 165 cm³/mol. The Morgan fingerprint density at radius 1 is 1.05 bits per heavy atom. The maximum absolute atomic E-state index is 7.51. The first-order chi connectivity index (χ1) is 20.2. The topological polar surface area (TPSA) is 121 Å². The van der Waals surface area contributed by atoms with Gasteiger partial charge >= 0.3 is 0 Å². The van der Waals surface area contributed by atoms with Crippen LogP contribution in [0.4, 0.5) is 28.6 Å². The minimum atomic E-state index is 0.285. The Labute approximate surface area is 239 Å². The van der Waals surface area contributed by atoms with Crippen LogP contribution in [0.1, 0.15) is 19.4 Å². The number of imidazole rings is 1. The molecule has 3 aromatic heterocycles. The number of nitrogen functional groups attached to an aromatic ring is 1. The first-order valence-corrected chi connectivity index (χ1v) is 13.9. The van der Waals surface area contributed by atoms with Crippen LogP contribution in [0.3, 0.4) is 0 Å². The normalized spacial score (nSPS) is 15.7. The van der Waals surface area contributed by atoms with Crippen LogP contribution in [0.5, 0.6) is 5.75 Å². The first kappa shape index (κ1) is 26.1. The van der Waals surface area contributed by atoms with Gasteiger partial charge < -0.3 is 35.4 Å². The minimum absolute atomic E-state index is 0.285. The number of hydrogen-bond acceptors (Lipinski definition) is 9. The molecule has 0 saturated carbocycles. The van der Waals surface area contributed by atoms with E-state index in [0.717, 1.165) is 48.0 Å². The highest BCUT2D eigenvalue weighted by Crippen LogP contribution is 2.38. The number of piperazine rings is 1. The summed E-state index contributed by atoms with van der Waals surface area (Å²) in [5, 5.41) is 11.0. The Morgan fingerprint density at radius 2 is 1.90 bits per heavy atom. The summed E-state index contributed by atoms with van der Waals surface area (Å²) < 4.78 is 8.20. The van der Waals surface area contributed by atoms with Crippen LogP contribution in [0, 0.1) is 5.41 Å². The number of nitrogens with zero attached hydrogens (tertiary/aromatic N) is 6. The van der Waals surface area contributed by atoms with E-state index in [9.17, 15) is 0 Å². The third-order valence-corrected chi connectivity index (χ3v) is 7.39. The zero-order valence-corrected chi connectivity index (χ0v) is 23.2. The molecular formula is C31H33N9O. The van der Waals surface area contributed by atoms with Crippen LogP contribution in [0.25, 0.3) is 16.9 Å². The summed E-state index contributed by atoms with van der Waals surface area (Å²) in [6.07, 6.45) is 10.5. The molecule has 5 heterocycles. The summed E-state index contributed by atoms with van der Waals surface area (Å²) >= 11 is 0. The van der Waals surface area contributed by atoms with Gasteiger partial charge in [-0.2, -0.15) is 0 Å². The Hall–Kier alpha value is -5.12. The molecule has 0 bridgehead atoms. The second-order valence-corrected chi connectivity index (χ2v) is 9.74. The monoisotopic (exact) mass is 547 g/mol. The van der Waals surface area contributed by atoms with Gasteiger partial charge in [0.05, 0.1) is 17.4 Å². The van der Waals surface area contributed by atoms with Crippen molar-refractivity contribution in [3.05, 3.63) is 85.1 Å². The van der Waals surface area contributed by atoms with Gasteiger partial charge in [-0.15, -0.1) is 0 Å². The molecule has 7 rings (SSSR count). The number of nitrogens with one attached hydrogen (secondary N) is 2. The number of aromatic nitrogens is 4. The molecular weight excluding hydrogens is 514 g/mol. The summed E-state index contributed by atoms with van der Waals surface area (Å²) in [6.45, 7) is 7.40. The fourth-order valence-corrected chi connectivity index (χ4v) is 5.39. The van der Waals surface area contributed by atoms with Crippen LogP contribution in [0.2, 0.25) is 0 Å². The van der Waals surface area contributed by atoms with Crippen molar-refractivity contribution < 1.29 is 4.74 Å². The average molecular weight is 548 g/mol. The van der Waals surface area contributed by atoms with E-state index in [1.807, 2.05) is 67.3 Å². The van der Waals surface area contributed by atoms with Crippen molar-refractivity contribution in [1.82, 2.24) is 19.4 Å². The van der Waals surface area contributed by atoms with Crippen LogP contribution in [-0.2, 0) is 0 Å². The molecule has 0 spiro atoms. The van der Waals surface area contributed by atoms with Gasteiger partial charge in [0.25, 0.3) is 0 Å². The summed E-state index contributed by atoms with van der Waals surface area (Å²) in [5.74, 6) is 1.49. The van der Waals surface area contributed by atoms with Gasteiger partial charge in [0.2, 0.25) is 0 Å². The third kappa shape index (κ3) is 5.00. The van der Waals surface area contributed by atoms with E-state index in [1.165, 1.54) is 11.9 Å². The smallest absolute Gasteiger partial charge is 0.180 e. The van der Waals surface area contributed by atoms with Crippen molar-refractivity contribution in [2.45, 2.75) is 19.9 Å². The fraction of sp³-hybridized carbons (Fsp3) is 0.226. The number of anilines is 5. The van der Waals surface area contributed by atoms with Crippen molar-refractivity contribution >= 4 is 40.4 Å². The highest BCUT2D eigenvalue weighted by Gasteiger charge is 2.33.